The number of hydrogen-bond donors (Lipinski definition) is 0. The molecule has 0 aliphatic rings. The Bertz CT molecular complexity index is 302. The van der Waals surface area contributed by atoms with Crippen LogP contribution >= 0.6 is 0 Å². The van der Waals surface area contributed by atoms with Crippen LogP contribution in [0.25, 0.3) is 0 Å². The SMILES string of the molecule is CCCN(C)C(C#N)c1cccnc1. The quantitative estimate of drug-likeness (QED) is 0.727. The molecule has 0 N–H and O–H groups in total. The van der Waals surface area contributed by atoms with Crippen molar-refractivity contribution in [1.82, 2.24) is 9.88 Å². The highest BCUT2D eigenvalue weighted by Gasteiger charge is 2.14. The summed E-state index contributed by atoms with van der Waals surface area (Å²) < 4.78 is 0. The smallest absolute Gasteiger partial charge is 0.125 e. The summed E-state index contributed by atoms with van der Waals surface area (Å²) in [6, 6.07) is 5.91. The maximum absolute atomic E-state index is 9.06. The van der Waals surface area contributed by atoms with Gasteiger partial charge in [-0.2, -0.15) is 5.26 Å². The third-order valence-electron chi connectivity index (χ3n) is 2.14. The fourth-order valence-electron chi connectivity index (χ4n) is 1.45. The van der Waals surface area contributed by atoms with Crippen molar-refractivity contribution >= 4 is 0 Å². The summed E-state index contributed by atoms with van der Waals surface area (Å²) in [6.45, 7) is 3.03. The van der Waals surface area contributed by atoms with Gasteiger partial charge in [0.2, 0.25) is 0 Å². The molecule has 0 amide bonds. The van der Waals surface area contributed by atoms with Crippen LogP contribution in [0.2, 0.25) is 0 Å². The van der Waals surface area contributed by atoms with E-state index in [1.54, 1.807) is 12.4 Å². The first-order valence-corrected chi connectivity index (χ1v) is 4.79. The van der Waals surface area contributed by atoms with Crippen LogP contribution in [0.15, 0.2) is 24.5 Å². The van der Waals surface area contributed by atoms with Crippen molar-refractivity contribution < 1.29 is 0 Å². The van der Waals surface area contributed by atoms with Gasteiger partial charge in [0.1, 0.15) is 6.04 Å². The molecule has 0 aromatic carbocycles. The summed E-state index contributed by atoms with van der Waals surface area (Å²) in [6.07, 6.45) is 4.52. The van der Waals surface area contributed by atoms with Gasteiger partial charge in [-0.15, -0.1) is 0 Å². The Morgan fingerprint density at radius 3 is 2.93 bits per heavy atom. The maximum atomic E-state index is 9.06. The average molecular weight is 189 g/mol. The second-order valence-electron chi connectivity index (χ2n) is 3.30. The largest absolute Gasteiger partial charge is 0.287 e. The van der Waals surface area contributed by atoms with Crippen LogP contribution in [0.3, 0.4) is 0 Å². The van der Waals surface area contributed by atoms with Gasteiger partial charge in [0.25, 0.3) is 0 Å². The first kappa shape index (κ1) is 10.7. The molecule has 1 atom stereocenters. The van der Waals surface area contributed by atoms with Crippen molar-refractivity contribution in [1.29, 1.82) is 5.26 Å². The Labute approximate surface area is 85.0 Å². The standard InChI is InChI=1S/C11H15N3/c1-3-7-14(2)11(8-12)10-5-4-6-13-9-10/h4-6,9,11H,3,7H2,1-2H3. The van der Waals surface area contributed by atoms with E-state index < -0.39 is 0 Å². The average Bonchev–Trinajstić information content (AvgIpc) is 2.21. The molecule has 0 aliphatic heterocycles. The lowest BCUT2D eigenvalue weighted by Crippen LogP contribution is -2.24. The van der Waals surface area contributed by atoms with Crippen LogP contribution in [0, 0.1) is 11.3 Å². The third kappa shape index (κ3) is 2.54. The number of aromatic nitrogens is 1. The predicted octanol–water partition coefficient (Wildman–Crippen LogP) is 1.99. The van der Waals surface area contributed by atoms with E-state index in [-0.39, 0.29) is 6.04 Å². The Morgan fingerprint density at radius 1 is 1.64 bits per heavy atom. The molecular formula is C11H15N3. The molecule has 3 nitrogen and oxygen atoms in total. The minimum atomic E-state index is -0.177. The fourth-order valence-corrected chi connectivity index (χ4v) is 1.45. The van der Waals surface area contributed by atoms with Gasteiger partial charge in [-0.1, -0.05) is 13.0 Å². The number of nitriles is 1. The molecule has 0 spiro atoms. The lowest BCUT2D eigenvalue weighted by molar-refractivity contribution is 0.292. The number of hydrogen-bond acceptors (Lipinski definition) is 3. The van der Waals surface area contributed by atoms with Crippen LogP contribution in [-0.4, -0.2) is 23.5 Å². The number of rotatable bonds is 4. The summed E-state index contributed by atoms with van der Waals surface area (Å²) in [5, 5.41) is 9.06. The zero-order valence-corrected chi connectivity index (χ0v) is 8.64. The predicted molar refractivity (Wildman–Crippen MR) is 55.5 cm³/mol. The molecule has 1 rings (SSSR count). The van der Waals surface area contributed by atoms with Gasteiger partial charge in [-0.05, 0) is 26.1 Å². The van der Waals surface area contributed by atoms with Gasteiger partial charge in [0.05, 0.1) is 6.07 Å². The van der Waals surface area contributed by atoms with Crippen molar-refractivity contribution in [3.63, 3.8) is 0 Å². The molecule has 1 heterocycles. The molecule has 0 saturated heterocycles. The van der Waals surface area contributed by atoms with Gasteiger partial charge in [-0.3, -0.25) is 9.88 Å². The molecule has 0 radical (unpaired) electrons. The van der Waals surface area contributed by atoms with Crippen molar-refractivity contribution in [3.05, 3.63) is 30.1 Å². The molecule has 0 bridgehead atoms. The van der Waals surface area contributed by atoms with Crippen molar-refractivity contribution in [2.45, 2.75) is 19.4 Å². The highest BCUT2D eigenvalue weighted by molar-refractivity contribution is 5.20. The molecule has 1 unspecified atom stereocenters. The summed E-state index contributed by atoms with van der Waals surface area (Å²) in [5.41, 5.74) is 0.964. The highest BCUT2D eigenvalue weighted by atomic mass is 15.1. The second kappa shape index (κ2) is 5.36. The molecule has 3 heteroatoms. The lowest BCUT2D eigenvalue weighted by Gasteiger charge is -2.21. The van der Waals surface area contributed by atoms with Gasteiger partial charge < -0.3 is 0 Å². The van der Waals surface area contributed by atoms with Crippen molar-refractivity contribution in [2.75, 3.05) is 13.6 Å². The monoisotopic (exact) mass is 189 g/mol. The summed E-state index contributed by atoms with van der Waals surface area (Å²) >= 11 is 0. The molecule has 74 valence electrons. The number of pyridine rings is 1. The van der Waals surface area contributed by atoms with Crippen molar-refractivity contribution in [2.24, 2.45) is 0 Å². The highest BCUT2D eigenvalue weighted by Crippen LogP contribution is 2.16. The Hall–Kier alpha value is -1.40. The van der Waals surface area contributed by atoms with Gasteiger partial charge in [0.15, 0.2) is 0 Å². The van der Waals surface area contributed by atoms with E-state index in [9.17, 15) is 0 Å². The van der Waals surface area contributed by atoms with E-state index in [4.69, 9.17) is 5.26 Å². The minimum absolute atomic E-state index is 0.177. The van der Waals surface area contributed by atoms with Crippen LogP contribution in [0.4, 0.5) is 0 Å². The van der Waals surface area contributed by atoms with E-state index in [1.807, 2.05) is 24.1 Å². The molecule has 0 saturated carbocycles. The number of nitrogens with zero attached hydrogens (tertiary/aromatic N) is 3. The van der Waals surface area contributed by atoms with E-state index in [0.29, 0.717) is 0 Å². The Kier molecular flexibility index (Phi) is 4.09. The van der Waals surface area contributed by atoms with Gasteiger partial charge in [0, 0.05) is 18.0 Å². The van der Waals surface area contributed by atoms with Gasteiger partial charge >= 0.3 is 0 Å². The summed E-state index contributed by atoms with van der Waals surface area (Å²) in [7, 11) is 1.96. The Balaban J connectivity index is 2.78. The minimum Gasteiger partial charge on any atom is -0.287 e. The second-order valence-corrected chi connectivity index (χ2v) is 3.30. The molecule has 1 aromatic heterocycles. The molecular weight excluding hydrogens is 174 g/mol. The van der Waals surface area contributed by atoms with Crippen LogP contribution in [0.5, 0.6) is 0 Å². The third-order valence-corrected chi connectivity index (χ3v) is 2.14. The van der Waals surface area contributed by atoms with Gasteiger partial charge in [-0.25, -0.2) is 0 Å². The summed E-state index contributed by atoms with van der Waals surface area (Å²) in [5.74, 6) is 0. The molecule has 0 aliphatic carbocycles. The maximum Gasteiger partial charge on any atom is 0.125 e. The van der Waals surface area contributed by atoms with Crippen LogP contribution < -0.4 is 0 Å². The zero-order chi connectivity index (χ0) is 10.4. The fraction of sp³-hybridized carbons (Fsp3) is 0.455. The lowest BCUT2D eigenvalue weighted by atomic mass is 10.1. The Morgan fingerprint density at radius 2 is 2.43 bits per heavy atom. The van der Waals surface area contributed by atoms with E-state index in [1.165, 1.54) is 0 Å². The first-order valence-electron chi connectivity index (χ1n) is 4.79. The molecule has 0 fully saturated rings. The van der Waals surface area contributed by atoms with Crippen LogP contribution in [0.1, 0.15) is 24.9 Å². The first-order chi connectivity index (χ1) is 6.79. The van der Waals surface area contributed by atoms with Crippen LogP contribution in [-0.2, 0) is 0 Å². The summed E-state index contributed by atoms with van der Waals surface area (Å²) in [4.78, 5) is 6.06. The topological polar surface area (TPSA) is 39.9 Å². The van der Waals surface area contributed by atoms with Crippen molar-refractivity contribution in [3.8, 4) is 6.07 Å². The molecule has 14 heavy (non-hydrogen) atoms. The van der Waals surface area contributed by atoms with E-state index >= 15 is 0 Å². The normalized spacial score (nSPS) is 12.4. The zero-order valence-electron chi connectivity index (χ0n) is 8.64. The molecule has 1 aromatic rings. The van der Waals surface area contributed by atoms with E-state index in [0.717, 1.165) is 18.5 Å². The van der Waals surface area contributed by atoms with E-state index in [2.05, 4.69) is 18.0 Å².